The zero-order valence-corrected chi connectivity index (χ0v) is 4.61. The van der Waals surface area contributed by atoms with E-state index in [1.165, 1.54) is 18.5 Å². The van der Waals surface area contributed by atoms with Crippen molar-refractivity contribution in [3.63, 3.8) is 0 Å². The zero-order valence-electron chi connectivity index (χ0n) is 4.61. The normalized spacial score (nSPS) is 9.00. The van der Waals surface area contributed by atoms with Gasteiger partial charge in [-0.1, -0.05) is 0 Å². The van der Waals surface area contributed by atoms with E-state index in [-0.39, 0.29) is 0 Å². The van der Waals surface area contributed by atoms with E-state index in [0.29, 0.717) is 5.56 Å². The predicted octanol–water partition coefficient (Wildman–Crippen LogP) is 0.370. The van der Waals surface area contributed by atoms with Crippen LogP contribution in [-0.4, -0.2) is 16.0 Å². The van der Waals surface area contributed by atoms with Gasteiger partial charge in [0.15, 0.2) is 5.78 Å². The average molecular weight is 120 g/mol. The topological polar surface area (TPSA) is 42.9 Å². The standard InChI is InChI=1S/C6H4N2O/c1-5(9)6-2-3-7-8-4-6/h1-4H. The minimum atomic E-state index is -0.482. The summed E-state index contributed by atoms with van der Waals surface area (Å²) in [6.45, 7) is 4.91. The van der Waals surface area contributed by atoms with Gasteiger partial charge in [0.1, 0.15) is 0 Å². The van der Waals surface area contributed by atoms with Crippen LogP contribution in [-0.2, 0) is 0 Å². The average Bonchev–Trinajstić information content (AvgIpc) is 1.90. The molecule has 0 atom stereocenters. The Labute approximate surface area is 52.7 Å². The molecule has 0 spiro atoms. The summed E-state index contributed by atoms with van der Waals surface area (Å²) in [5.41, 5.74) is 0.380. The number of carbonyl (C=O) groups is 1. The summed E-state index contributed by atoms with van der Waals surface area (Å²) in [4.78, 5) is 10.4. The van der Waals surface area contributed by atoms with Crippen LogP contribution in [0.5, 0.6) is 0 Å². The van der Waals surface area contributed by atoms with E-state index in [2.05, 4.69) is 10.2 Å². The van der Waals surface area contributed by atoms with E-state index >= 15 is 0 Å². The first-order valence-corrected chi connectivity index (χ1v) is 2.37. The molecule has 0 unspecified atom stereocenters. The van der Waals surface area contributed by atoms with Gasteiger partial charge in [-0.05, 0) is 6.07 Å². The van der Waals surface area contributed by atoms with E-state index in [1.807, 2.05) is 0 Å². The fourth-order valence-corrected chi connectivity index (χ4v) is 0.436. The molecule has 0 aromatic carbocycles. The van der Waals surface area contributed by atoms with E-state index in [0.717, 1.165) is 0 Å². The molecule has 0 N–H and O–H groups in total. The molecule has 44 valence electrons. The Kier molecular flexibility index (Phi) is 1.53. The highest BCUT2D eigenvalue weighted by Gasteiger charge is 1.95. The van der Waals surface area contributed by atoms with Crippen LogP contribution >= 0.6 is 0 Å². The molecule has 0 fully saturated rings. The van der Waals surface area contributed by atoms with Gasteiger partial charge in [0.05, 0.1) is 12.4 Å². The molecule has 3 heteroatoms. The molecule has 9 heavy (non-hydrogen) atoms. The smallest absolute Gasteiger partial charge is 0.169 e. The third kappa shape index (κ3) is 1.32. The molecule has 0 amide bonds. The van der Waals surface area contributed by atoms with E-state index in [4.69, 9.17) is 6.92 Å². The van der Waals surface area contributed by atoms with Crippen LogP contribution in [0.2, 0.25) is 0 Å². The van der Waals surface area contributed by atoms with Gasteiger partial charge in [0, 0.05) is 12.5 Å². The van der Waals surface area contributed by atoms with Gasteiger partial charge in [0.2, 0.25) is 0 Å². The lowest BCUT2D eigenvalue weighted by atomic mass is 10.2. The molecule has 1 aromatic heterocycles. The number of carbonyl (C=O) groups excluding carboxylic acids is 1. The maximum Gasteiger partial charge on any atom is 0.169 e. The number of rotatable bonds is 1. The Morgan fingerprint density at radius 2 is 2.33 bits per heavy atom. The van der Waals surface area contributed by atoms with Crippen molar-refractivity contribution in [1.29, 1.82) is 0 Å². The second kappa shape index (κ2) is 2.35. The SMILES string of the molecule is [CH]C(=O)c1ccnnc1. The maximum atomic E-state index is 10.4. The quantitative estimate of drug-likeness (QED) is 0.503. The van der Waals surface area contributed by atoms with E-state index in [9.17, 15) is 4.79 Å². The number of hydrogen-bond donors (Lipinski definition) is 0. The molecule has 0 aliphatic carbocycles. The first kappa shape index (κ1) is 5.88. The lowest BCUT2D eigenvalue weighted by molar-refractivity contribution is 0.104. The van der Waals surface area contributed by atoms with Crippen molar-refractivity contribution in [3.05, 3.63) is 30.9 Å². The largest absolute Gasteiger partial charge is 0.294 e. The molecule has 1 rings (SSSR count). The lowest BCUT2D eigenvalue weighted by Gasteiger charge is -1.87. The third-order valence-corrected chi connectivity index (χ3v) is 0.869. The Morgan fingerprint density at radius 1 is 1.56 bits per heavy atom. The van der Waals surface area contributed by atoms with Crippen molar-refractivity contribution in [3.8, 4) is 0 Å². The van der Waals surface area contributed by atoms with Crippen LogP contribution < -0.4 is 0 Å². The van der Waals surface area contributed by atoms with Crippen molar-refractivity contribution in [2.24, 2.45) is 0 Å². The first-order chi connectivity index (χ1) is 4.30. The molecule has 2 radical (unpaired) electrons. The van der Waals surface area contributed by atoms with Gasteiger partial charge in [-0.15, -0.1) is 0 Å². The fourth-order valence-electron chi connectivity index (χ4n) is 0.436. The Balaban J connectivity index is 2.98. The van der Waals surface area contributed by atoms with Gasteiger partial charge in [-0.2, -0.15) is 10.2 Å². The van der Waals surface area contributed by atoms with E-state index < -0.39 is 5.78 Å². The number of Topliss-reactive ketones (excluding diaryl/α,β-unsaturated/α-hetero) is 1. The second-order valence-electron chi connectivity index (χ2n) is 1.50. The maximum absolute atomic E-state index is 10.4. The molecule has 3 nitrogen and oxygen atoms in total. The van der Waals surface area contributed by atoms with Gasteiger partial charge in [-0.25, -0.2) is 0 Å². The summed E-state index contributed by atoms with van der Waals surface area (Å²) in [6.07, 6.45) is 2.74. The van der Waals surface area contributed by atoms with Crippen LogP contribution in [0, 0.1) is 6.92 Å². The molecule has 1 heterocycles. The molecule has 1 aromatic rings. The molecular weight excluding hydrogens is 116 g/mol. The Bertz CT molecular complexity index is 208. The summed E-state index contributed by atoms with van der Waals surface area (Å²) < 4.78 is 0. The Hall–Kier alpha value is -1.25. The Morgan fingerprint density at radius 3 is 2.67 bits per heavy atom. The summed E-state index contributed by atoms with van der Waals surface area (Å²) in [6, 6.07) is 1.51. The van der Waals surface area contributed by atoms with Crippen molar-refractivity contribution in [2.45, 2.75) is 0 Å². The molecule has 0 aliphatic heterocycles. The number of nitrogens with zero attached hydrogens (tertiary/aromatic N) is 2. The number of hydrogen-bond acceptors (Lipinski definition) is 3. The number of aromatic nitrogens is 2. The molecule has 0 saturated heterocycles. The summed E-state index contributed by atoms with van der Waals surface area (Å²) in [5.74, 6) is -0.482. The van der Waals surface area contributed by atoms with E-state index in [1.54, 1.807) is 0 Å². The van der Waals surface area contributed by atoms with Crippen LogP contribution in [0.3, 0.4) is 0 Å². The van der Waals surface area contributed by atoms with Crippen molar-refractivity contribution >= 4 is 5.78 Å². The van der Waals surface area contributed by atoms with Gasteiger partial charge in [0.25, 0.3) is 0 Å². The van der Waals surface area contributed by atoms with Crippen molar-refractivity contribution in [1.82, 2.24) is 10.2 Å². The highest BCUT2D eigenvalue weighted by atomic mass is 16.1. The fraction of sp³-hybridized carbons (Fsp3) is 0. The van der Waals surface area contributed by atoms with Crippen molar-refractivity contribution in [2.75, 3.05) is 0 Å². The molecule has 0 saturated carbocycles. The van der Waals surface area contributed by atoms with Crippen LogP contribution in [0.25, 0.3) is 0 Å². The van der Waals surface area contributed by atoms with Gasteiger partial charge < -0.3 is 0 Å². The number of ketones is 1. The predicted molar refractivity (Wildman–Crippen MR) is 30.7 cm³/mol. The summed E-state index contributed by atoms with van der Waals surface area (Å²) in [7, 11) is 0. The second-order valence-corrected chi connectivity index (χ2v) is 1.50. The highest BCUT2D eigenvalue weighted by molar-refractivity contribution is 5.98. The minimum Gasteiger partial charge on any atom is -0.294 e. The zero-order chi connectivity index (χ0) is 6.69. The van der Waals surface area contributed by atoms with Crippen LogP contribution in [0.4, 0.5) is 0 Å². The summed E-state index contributed by atoms with van der Waals surface area (Å²) in [5, 5.41) is 6.93. The first-order valence-electron chi connectivity index (χ1n) is 2.37. The monoisotopic (exact) mass is 120 g/mol. The van der Waals surface area contributed by atoms with Gasteiger partial charge in [-0.3, -0.25) is 4.79 Å². The molecule has 0 bridgehead atoms. The van der Waals surface area contributed by atoms with Crippen LogP contribution in [0.1, 0.15) is 10.4 Å². The van der Waals surface area contributed by atoms with Gasteiger partial charge >= 0.3 is 0 Å². The third-order valence-electron chi connectivity index (χ3n) is 0.869. The lowest BCUT2D eigenvalue weighted by Crippen LogP contribution is -1.92. The van der Waals surface area contributed by atoms with Crippen molar-refractivity contribution < 1.29 is 4.79 Å². The molecular formula is C6H4N2O. The summed E-state index contributed by atoms with van der Waals surface area (Å²) >= 11 is 0. The minimum absolute atomic E-state index is 0.380. The van der Waals surface area contributed by atoms with Crippen LogP contribution in [0.15, 0.2) is 18.5 Å². The molecule has 0 aliphatic rings. The highest BCUT2D eigenvalue weighted by Crippen LogP contribution is 1.92.